The molecule has 63 heavy (non-hydrogen) atoms. The first-order valence-electron chi connectivity index (χ1n) is 23.7. The van der Waals surface area contributed by atoms with Crippen molar-refractivity contribution in [2.45, 2.75) is 193 Å². The van der Waals surface area contributed by atoms with Gasteiger partial charge in [0.15, 0.2) is 6.10 Å². The lowest BCUT2D eigenvalue weighted by atomic mass is 10.1. The zero-order chi connectivity index (χ0) is 46.5. The molecule has 0 aromatic heterocycles. The number of aliphatic carboxylic acids is 1. The van der Waals surface area contributed by atoms with Gasteiger partial charge in [-0.1, -0.05) is 176 Å². The van der Waals surface area contributed by atoms with Gasteiger partial charge in [0.25, 0.3) is 0 Å². The number of rotatable bonds is 43. The number of carbonyl (C=O) groups is 3. The molecule has 0 radical (unpaired) electrons. The fourth-order valence-electron chi connectivity index (χ4n) is 5.99. The molecule has 0 heterocycles. The van der Waals surface area contributed by atoms with Crippen molar-refractivity contribution in [1.82, 2.24) is 0 Å². The van der Waals surface area contributed by atoms with Crippen molar-refractivity contribution in [3.05, 3.63) is 85.1 Å². The van der Waals surface area contributed by atoms with Crippen LogP contribution in [0.1, 0.15) is 174 Å². The van der Waals surface area contributed by atoms with Gasteiger partial charge in [0.05, 0.1) is 19.3 Å². The zero-order valence-electron chi connectivity index (χ0n) is 38.7. The SMILES string of the molecule is CC/C=C\C/C=C\C/C=C\C/C=C\C=C/C(O)C/C=C\CCC(=O)O[C@H](COC(=O)CCCCCCCCCCC/C=C\CCCCCCCC)COP(=O)(O)OC[C@H](N)C(=O)O. The Morgan fingerprint density at radius 1 is 0.587 bits per heavy atom. The molecular weight excluding hydrogens is 822 g/mol. The van der Waals surface area contributed by atoms with Crippen LogP contribution in [0.25, 0.3) is 0 Å². The highest BCUT2D eigenvalue weighted by molar-refractivity contribution is 7.47. The highest BCUT2D eigenvalue weighted by Gasteiger charge is 2.28. The molecule has 0 saturated carbocycles. The van der Waals surface area contributed by atoms with Gasteiger partial charge in [0.2, 0.25) is 0 Å². The molecule has 0 spiro atoms. The number of hydrogen-bond acceptors (Lipinski definition) is 10. The molecule has 0 aliphatic heterocycles. The number of phosphoric ester groups is 1. The van der Waals surface area contributed by atoms with Crippen LogP contribution in [0.4, 0.5) is 0 Å². The Balaban J connectivity index is 4.52. The van der Waals surface area contributed by atoms with Gasteiger partial charge in [-0.25, -0.2) is 4.57 Å². The number of phosphoric acid groups is 1. The third-order valence-electron chi connectivity index (χ3n) is 9.72. The molecule has 0 bridgehead atoms. The summed E-state index contributed by atoms with van der Waals surface area (Å²) >= 11 is 0. The molecular formula is C50H84NO11P. The smallest absolute Gasteiger partial charge is 0.472 e. The van der Waals surface area contributed by atoms with Crippen molar-refractivity contribution in [3.63, 3.8) is 0 Å². The van der Waals surface area contributed by atoms with E-state index in [0.29, 0.717) is 19.3 Å². The Bertz CT molecular complexity index is 1400. The number of carbonyl (C=O) groups excluding carboxylic acids is 2. The maximum atomic E-state index is 12.6. The van der Waals surface area contributed by atoms with E-state index in [0.717, 1.165) is 44.9 Å². The quantitative estimate of drug-likeness (QED) is 0.0149. The van der Waals surface area contributed by atoms with E-state index in [1.807, 2.05) is 12.2 Å². The minimum Gasteiger partial charge on any atom is -0.480 e. The highest BCUT2D eigenvalue weighted by Crippen LogP contribution is 2.43. The second kappa shape index (κ2) is 43.9. The minimum atomic E-state index is -4.77. The maximum absolute atomic E-state index is 12.6. The number of allylic oxidation sites excluding steroid dienone is 12. The molecule has 12 nitrogen and oxygen atoms in total. The fraction of sp³-hybridized carbons (Fsp3) is 0.660. The molecule has 5 N–H and O–H groups in total. The van der Waals surface area contributed by atoms with Crippen molar-refractivity contribution >= 4 is 25.7 Å². The van der Waals surface area contributed by atoms with Gasteiger partial charge in [0.1, 0.15) is 12.6 Å². The van der Waals surface area contributed by atoms with Gasteiger partial charge in [-0.2, -0.15) is 0 Å². The number of aliphatic hydroxyl groups is 1. The molecule has 0 rings (SSSR count). The summed E-state index contributed by atoms with van der Waals surface area (Å²) in [5, 5.41) is 19.1. The Kier molecular flexibility index (Phi) is 41.5. The first-order chi connectivity index (χ1) is 30.5. The van der Waals surface area contributed by atoms with Crippen LogP contribution in [0.3, 0.4) is 0 Å². The van der Waals surface area contributed by atoms with E-state index in [1.54, 1.807) is 24.3 Å². The normalized spacial score (nSPS) is 14.9. The van der Waals surface area contributed by atoms with E-state index in [1.165, 1.54) is 83.5 Å². The van der Waals surface area contributed by atoms with Gasteiger partial charge in [0, 0.05) is 12.8 Å². The molecule has 4 atom stereocenters. The van der Waals surface area contributed by atoms with Gasteiger partial charge in [-0.05, 0) is 70.6 Å². The average molecular weight is 906 g/mol. The average Bonchev–Trinajstić information content (AvgIpc) is 3.26. The number of hydrogen-bond donors (Lipinski definition) is 4. The number of ether oxygens (including phenoxy) is 2. The summed E-state index contributed by atoms with van der Waals surface area (Å²) in [6.07, 6.45) is 51.1. The summed E-state index contributed by atoms with van der Waals surface area (Å²) < 4.78 is 32.6. The van der Waals surface area contributed by atoms with E-state index in [-0.39, 0.29) is 12.8 Å². The van der Waals surface area contributed by atoms with Gasteiger partial charge < -0.3 is 30.3 Å². The molecule has 0 aromatic carbocycles. The monoisotopic (exact) mass is 906 g/mol. The zero-order valence-corrected chi connectivity index (χ0v) is 39.6. The maximum Gasteiger partial charge on any atom is 0.472 e. The summed E-state index contributed by atoms with van der Waals surface area (Å²) in [4.78, 5) is 46.1. The second-order valence-corrected chi connectivity index (χ2v) is 17.2. The van der Waals surface area contributed by atoms with E-state index in [2.05, 4.69) is 67.0 Å². The van der Waals surface area contributed by atoms with Crippen molar-refractivity contribution in [3.8, 4) is 0 Å². The topological polar surface area (TPSA) is 192 Å². The molecule has 0 aliphatic rings. The highest BCUT2D eigenvalue weighted by atomic mass is 31.2. The molecule has 360 valence electrons. The number of unbranched alkanes of at least 4 members (excludes halogenated alkanes) is 15. The largest absolute Gasteiger partial charge is 0.480 e. The Labute approximate surface area is 380 Å². The predicted molar refractivity (Wildman–Crippen MR) is 255 cm³/mol. The first kappa shape index (κ1) is 59.6. The summed E-state index contributed by atoms with van der Waals surface area (Å²) in [6.45, 7) is 2.51. The number of aliphatic hydroxyl groups excluding tert-OH is 1. The molecule has 0 amide bonds. The fourth-order valence-corrected chi connectivity index (χ4v) is 6.77. The molecule has 0 aromatic rings. The number of nitrogens with two attached hydrogens (primary N) is 1. The number of esters is 2. The van der Waals surface area contributed by atoms with Crippen LogP contribution in [0.5, 0.6) is 0 Å². The number of carboxylic acids is 1. The Hall–Kier alpha value is -3.38. The summed E-state index contributed by atoms with van der Waals surface area (Å²) in [7, 11) is -4.77. The standard InChI is InChI=1S/C50H84NO11P/c1-3-5-7-9-11-13-15-17-18-19-20-21-22-24-26-28-30-32-36-40-48(53)59-42-46(43-60-63(57,58)61-44-47(51)50(55)56)62-49(54)41-37-33-35-39-45(52)38-34-31-29-27-25-23-16-14-12-10-8-6-4-2/h6,8,12,14,17-18,23,25,29,31,33-35,38,45-47,52H,3-5,7,9-11,13,15-16,19-22,24,26-28,30,32,36-37,39-44,51H2,1-2H3,(H,55,56)(H,57,58)/b8-6-,14-12-,18-17-,25-23-,31-29-,35-33-,38-34-/t45?,46-,47+/m1/s1. The first-order valence-corrected chi connectivity index (χ1v) is 25.2. The summed E-state index contributed by atoms with van der Waals surface area (Å²) in [6, 6.07) is -1.55. The molecule has 13 heteroatoms. The van der Waals surface area contributed by atoms with Crippen molar-refractivity contribution in [1.29, 1.82) is 0 Å². The van der Waals surface area contributed by atoms with Crippen LogP contribution in [0, 0.1) is 0 Å². The predicted octanol–water partition coefficient (Wildman–Crippen LogP) is 12.0. The summed E-state index contributed by atoms with van der Waals surface area (Å²) in [5.74, 6) is -2.59. The number of carboxylic acid groups (broad SMARTS) is 1. The van der Waals surface area contributed by atoms with Crippen LogP contribution in [-0.2, 0) is 37.5 Å². The van der Waals surface area contributed by atoms with E-state index < -0.39 is 63.8 Å². The lowest BCUT2D eigenvalue weighted by Crippen LogP contribution is -2.34. The Morgan fingerprint density at radius 2 is 1.11 bits per heavy atom. The Morgan fingerprint density at radius 3 is 1.70 bits per heavy atom. The second-order valence-electron chi connectivity index (χ2n) is 15.7. The van der Waals surface area contributed by atoms with E-state index in [9.17, 15) is 28.9 Å². The van der Waals surface area contributed by atoms with Gasteiger partial charge in [-0.15, -0.1) is 0 Å². The molecule has 2 unspecified atom stereocenters. The van der Waals surface area contributed by atoms with Crippen molar-refractivity contribution in [2.24, 2.45) is 5.73 Å². The molecule has 0 aliphatic carbocycles. The van der Waals surface area contributed by atoms with Crippen LogP contribution >= 0.6 is 7.82 Å². The van der Waals surface area contributed by atoms with Gasteiger partial charge >= 0.3 is 25.7 Å². The van der Waals surface area contributed by atoms with Crippen LogP contribution in [-0.4, -0.2) is 71.1 Å². The van der Waals surface area contributed by atoms with E-state index >= 15 is 0 Å². The third-order valence-corrected chi connectivity index (χ3v) is 10.7. The van der Waals surface area contributed by atoms with Crippen molar-refractivity contribution in [2.75, 3.05) is 19.8 Å². The van der Waals surface area contributed by atoms with E-state index in [4.69, 9.17) is 24.8 Å². The third kappa shape index (κ3) is 43.6. The van der Waals surface area contributed by atoms with Crippen LogP contribution in [0.15, 0.2) is 85.1 Å². The lowest BCUT2D eigenvalue weighted by molar-refractivity contribution is -0.161. The summed E-state index contributed by atoms with van der Waals surface area (Å²) in [5.41, 5.74) is 5.33. The lowest BCUT2D eigenvalue weighted by Gasteiger charge is -2.20. The van der Waals surface area contributed by atoms with Crippen molar-refractivity contribution < 1.29 is 52.6 Å². The van der Waals surface area contributed by atoms with Gasteiger partial charge in [-0.3, -0.25) is 23.4 Å². The van der Waals surface area contributed by atoms with Crippen LogP contribution in [0.2, 0.25) is 0 Å². The molecule has 0 fully saturated rings. The van der Waals surface area contributed by atoms with Crippen LogP contribution < -0.4 is 5.73 Å². The molecule has 0 saturated heterocycles. The minimum absolute atomic E-state index is 0.0493.